The van der Waals surface area contributed by atoms with E-state index in [1.807, 2.05) is 6.07 Å². The van der Waals surface area contributed by atoms with Crippen LogP contribution >= 0.6 is 0 Å². The van der Waals surface area contributed by atoms with Gasteiger partial charge < -0.3 is 4.74 Å². The van der Waals surface area contributed by atoms with Crippen molar-refractivity contribution in [1.82, 2.24) is 0 Å². The molecule has 0 atom stereocenters. The zero-order valence-corrected chi connectivity index (χ0v) is 9.36. The molecular formula is C13H13NO2. The third-order valence-corrected chi connectivity index (χ3v) is 2.14. The molecule has 1 aromatic carbocycles. The Labute approximate surface area is 95.0 Å². The molecule has 82 valence electrons. The summed E-state index contributed by atoms with van der Waals surface area (Å²) >= 11 is 0. The first-order chi connectivity index (χ1) is 7.69. The Hall–Kier alpha value is -2.08. The third-order valence-electron chi connectivity index (χ3n) is 2.14. The van der Waals surface area contributed by atoms with Gasteiger partial charge in [-0.15, -0.1) is 0 Å². The molecule has 0 amide bonds. The molecule has 0 radical (unpaired) electrons. The molecule has 0 bridgehead atoms. The highest BCUT2D eigenvalue weighted by atomic mass is 16.5. The minimum absolute atomic E-state index is 0.0117. The lowest BCUT2D eigenvalue weighted by Gasteiger charge is -2.05. The number of nitriles is 1. The summed E-state index contributed by atoms with van der Waals surface area (Å²) in [4.78, 5) is 11.2. The molecule has 0 aromatic heterocycles. The molecular weight excluding hydrogens is 202 g/mol. The van der Waals surface area contributed by atoms with Crippen LogP contribution in [0.1, 0.15) is 29.3 Å². The van der Waals surface area contributed by atoms with Gasteiger partial charge in [-0.25, -0.2) is 0 Å². The molecule has 0 saturated heterocycles. The van der Waals surface area contributed by atoms with E-state index in [0.29, 0.717) is 17.7 Å². The summed E-state index contributed by atoms with van der Waals surface area (Å²) in [6.07, 6.45) is 3.86. The zero-order valence-electron chi connectivity index (χ0n) is 9.36. The van der Waals surface area contributed by atoms with Gasteiger partial charge in [0.1, 0.15) is 5.75 Å². The average Bonchev–Trinajstić information content (AvgIpc) is 2.29. The van der Waals surface area contributed by atoms with Gasteiger partial charge in [0, 0.05) is 11.1 Å². The predicted octanol–water partition coefficient (Wildman–Crippen LogP) is 2.82. The number of allylic oxidation sites excluding steroid dienone is 1. The highest BCUT2D eigenvalue weighted by molar-refractivity contribution is 5.95. The number of hydrogen-bond acceptors (Lipinski definition) is 3. The van der Waals surface area contributed by atoms with E-state index < -0.39 is 0 Å². The van der Waals surface area contributed by atoms with Crippen LogP contribution in [-0.4, -0.2) is 12.9 Å². The SMILES string of the molecule is COc1ccc(C(C)=O)cc1C=CCC#N. The molecule has 0 unspecified atom stereocenters. The maximum absolute atomic E-state index is 11.2. The molecule has 0 heterocycles. The topological polar surface area (TPSA) is 50.1 Å². The highest BCUT2D eigenvalue weighted by Gasteiger charge is 2.04. The fraction of sp³-hybridized carbons (Fsp3) is 0.231. The molecule has 0 saturated carbocycles. The van der Waals surface area contributed by atoms with Crippen molar-refractivity contribution < 1.29 is 9.53 Å². The van der Waals surface area contributed by atoms with E-state index >= 15 is 0 Å². The monoisotopic (exact) mass is 215 g/mol. The number of rotatable bonds is 4. The van der Waals surface area contributed by atoms with Gasteiger partial charge >= 0.3 is 0 Å². The number of benzene rings is 1. The summed E-state index contributed by atoms with van der Waals surface area (Å²) in [5, 5.41) is 8.43. The molecule has 0 fully saturated rings. The first-order valence-corrected chi connectivity index (χ1v) is 4.91. The van der Waals surface area contributed by atoms with Gasteiger partial charge in [0.2, 0.25) is 0 Å². The second kappa shape index (κ2) is 5.72. The van der Waals surface area contributed by atoms with E-state index in [9.17, 15) is 4.79 Å². The quantitative estimate of drug-likeness (QED) is 0.725. The van der Waals surface area contributed by atoms with Gasteiger partial charge in [0.05, 0.1) is 19.6 Å². The van der Waals surface area contributed by atoms with Gasteiger partial charge in [-0.05, 0) is 25.1 Å². The van der Waals surface area contributed by atoms with Crippen LogP contribution in [0.4, 0.5) is 0 Å². The molecule has 16 heavy (non-hydrogen) atoms. The van der Waals surface area contributed by atoms with Gasteiger partial charge in [0.25, 0.3) is 0 Å². The lowest BCUT2D eigenvalue weighted by atomic mass is 10.1. The molecule has 0 aliphatic rings. The first kappa shape index (κ1) is 12.0. The van der Waals surface area contributed by atoms with Crippen molar-refractivity contribution in [2.45, 2.75) is 13.3 Å². The van der Waals surface area contributed by atoms with E-state index in [1.165, 1.54) is 6.92 Å². The van der Waals surface area contributed by atoms with Crippen molar-refractivity contribution in [2.24, 2.45) is 0 Å². The summed E-state index contributed by atoms with van der Waals surface area (Å²) in [7, 11) is 1.57. The smallest absolute Gasteiger partial charge is 0.159 e. The van der Waals surface area contributed by atoms with Gasteiger partial charge in [-0.2, -0.15) is 5.26 Å². The Kier molecular flexibility index (Phi) is 4.28. The van der Waals surface area contributed by atoms with E-state index in [1.54, 1.807) is 37.5 Å². The molecule has 3 nitrogen and oxygen atoms in total. The second-order valence-electron chi connectivity index (χ2n) is 3.28. The maximum atomic E-state index is 11.2. The van der Waals surface area contributed by atoms with Crippen molar-refractivity contribution in [3.63, 3.8) is 0 Å². The van der Waals surface area contributed by atoms with Crippen LogP contribution < -0.4 is 4.74 Å². The minimum atomic E-state index is 0.0117. The summed E-state index contributed by atoms with van der Waals surface area (Å²) < 4.78 is 5.17. The van der Waals surface area contributed by atoms with Crippen molar-refractivity contribution in [1.29, 1.82) is 5.26 Å². The van der Waals surface area contributed by atoms with Crippen molar-refractivity contribution in [3.8, 4) is 11.8 Å². The standard InChI is InChI=1S/C13H13NO2/c1-10(15)11-6-7-13(16-2)12(9-11)5-3-4-8-14/h3,5-7,9H,4H2,1-2H3. The van der Waals surface area contributed by atoms with Crippen molar-refractivity contribution in [2.75, 3.05) is 7.11 Å². The fourth-order valence-electron chi connectivity index (χ4n) is 1.32. The normalized spacial score (nSPS) is 10.1. The number of hydrogen-bond donors (Lipinski definition) is 0. The Morgan fingerprint density at radius 3 is 2.88 bits per heavy atom. The lowest BCUT2D eigenvalue weighted by molar-refractivity contribution is 0.101. The van der Waals surface area contributed by atoms with Crippen molar-refractivity contribution in [3.05, 3.63) is 35.4 Å². The number of Topliss-reactive ketones (excluding diaryl/α,β-unsaturated/α-hetero) is 1. The molecule has 1 rings (SSSR count). The Balaban J connectivity index is 3.08. The highest BCUT2D eigenvalue weighted by Crippen LogP contribution is 2.21. The van der Waals surface area contributed by atoms with E-state index in [-0.39, 0.29) is 5.78 Å². The van der Waals surface area contributed by atoms with Crippen LogP contribution in [0.2, 0.25) is 0 Å². The molecule has 0 aliphatic heterocycles. The van der Waals surface area contributed by atoms with Gasteiger partial charge in [0.15, 0.2) is 5.78 Å². The number of ether oxygens (including phenoxy) is 1. The van der Waals surface area contributed by atoms with Crippen LogP contribution in [-0.2, 0) is 0 Å². The lowest BCUT2D eigenvalue weighted by Crippen LogP contribution is -1.94. The van der Waals surface area contributed by atoms with Crippen LogP contribution in [0.25, 0.3) is 6.08 Å². The molecule has 1 aromatic rings. The van der Waals surface area contributed by atoms with Crippen LogP contribution in [0.5, 0.6) is 5.75 Å². The van der Waals surface area contributed by atoms with E-state index in [4.69, 9.17) is 10.00 Å². The molecule has 0 N–H and O–H groups in total. The third kappa shape index (κ3) is 2.96. The fourth-order valence-corrected chi connectivity index (χ4v) is 1.32. The number of methoxy groups -OCH3 is 1. The summed E-state index contributed by atoms with van der Waals surface area (Å²) in [5.74, 6) is 0.705. The number of carbonyl (C=O) groups excluding carboxylic acids is 1. The van der Waals surface area contributed by atoms with Crippen molar-refractivity contribution >= 4 is 11.9 Å². The van der Waals surface area contributed by atoms with Gasteiger partial charge in [-0.1, -0.05) is 12.2 Å². The molecule has 0 aliphatic carbocycles. The Morgan fingerprint density at radius 2 is 2.31 bits per heavy atom. The van der Waals surface area contributed by atoms with E-state index in [2.05, 4.69) is 0 Å². The average molecular weight is 215 g/mol. The van der Waals surface area contributed by atoms with Crippen LogP contribution in [0.3, 0.4) is 0 Å². The number of carbonyl (C=O) groups is 1. The summed E-state index contributed by atoms with van der Waals surface area (Å²) in [5.41, 5.74) is 1.45. The first-order valence-electron chi connectivity index (χ1n) is 4.91. The summed E-state index contributed by atoms with van der Waals surface area (Å²) in [6, 6.07) is 7.25. The van der Waals surface area contributed by atoms with Crippen LogP contribution in [0.15, 0.2) is 24.3 Å². The Bertz CT molecular complexity index is 455. The summed E-state index contributed by atoms with van der Waals surface area (Å²) in [6.45, 7) is 1.52. The molecule has 3 heteroatoms. The zero-order chi connectivity index (χ0) is 12.0. The maximum Gasteiger partial charge on any atom is 0.159 e. The Morgan fingerprint density at radius 1 is 1.56 bits per heavy atom. The number of nitrogens with zero attached hydrogens (tertiary/aromatic N) is 1. The molecule has 0 spiro atoms. The van der Waals surface area contributed by atoms with E-state index in [0.717, 1.165) is 5.56 Å². The minimum Gasteiger partial charge on any atom is -0.496 e. The van der Waals surface area contributed by atoms with Crippen LogP contribution in [0, 0.1) is 11.3 Å². The second-order valence-corrected chi connectivity index (χ2v) is 3.28. The predicted molar refractivity (Wildman–Crippen MR) is 62.3 cm³/mol. The number of ketones is 1. The largest absolute Gasteiger partial charge is 0.496 e. The van der Waals surface area contributed by atoms with Gasteiger partial charge in [-0.3, -0.25) is 4.79 Å².